The number of fused-ring (bicyclic) bond motifs is 3. The molecular formula is C24H20N4O2S. The summed E-state index contributed by atoms with van der Waals surface area (Å²) in [5.74, 6) is 0.785. The molecule has 7 heteroatoms. The molecular weight excluding hydrogens is 408 g/mol. The molecule has 0 N–H and O–H groups in total. The molecule has 0 unspecified atom stereocenters. The second-order valence-electron chi connectivity index (χ2n) is 7.35. The number of rotatable bonds is 4. The molecule has 0 aliphatic heterocycles. The largest absolute Gasteiger partial charge is 0.496 e. The lowest BCUT2D eigenvalue weighted by atomic mass is 10.0. The van der Waals surface area contributed by atoms with Crippen LogP contribution in [0.2, 0.25) is 0 Å². The van der Waals surface area contributed by atoms with E-state index in [2.05, 4.69) is 9.97 Å². The maximum Gasteiger partial charge on any atom is 0.275 e. The summed E-state index contributed by atoms with van der Waals surface area (Å²) in [7, 11) is 5.61. The summed E-state index contributed by atoms with van der Waals surface area (Å²) in [4.78, 5) is 25.4. The molecule has 5 rings (SSSR count). The first-order valence-electron chi connectivity index (χ1n) is 9.78. The van der Waals surface area contributed by atoms with Crippen LogP contribution in [0, 0.1) is 0 Å². The van der Waals surface area contributed by atoms with Gasteiger partial charge in [-0.2, -0.15) is 0 Å². The van der Waals surface area contributed by atoms with Crippen LogP contribution in [0.4, 0.5) is 5.69 Å². The van der Waals surface area contributed by atoms with Crippen LogP contribution in [0.15, 0.2) is 71.9 Å². The molecule has 3 heterocycles. The van der Waals surface area contributed by atoms with Crippen LogP contribution in [-0.4, -0.2) is 35.7 Å². The minimum absolute atomic E-state index is 0.102. The Bertz CT molecular complexity index is 1490. The fraction of sp³-hybridized carbons (Fsp3) is 0.125. The van der Waals surface area contributed by atoms with E-state index in [0.717, 1.165) is 38.5 Å². The van der Waals surface area contributed by atoms with Gasteiger partial charge in [0.1, 0.15) is 21.6 Å². The monoisotopic (exact) mass is 428 g/mol. The Balaban J connectivity index is 1.70. The summed E-state index contributed by atoms with van der Waals surface area (Å²) in [5.41, 5.74) is 4.28. The molecule has 0 fully saturated rings. The van der Waals surface area contributed by atoms with Crippen molar-refractivity contribution in [2.24, 2.45) is 0 Å². The lowest BCUT2D eigenvalue weighted by Gasteiger charge is -2.13. The normalized spacial score (nSPS) is 11.2. The molecule has 6 nitrogen and oxygen atoms in total. The van der Waals surface area contributed by atoms with E-state index in [0.29, 0.717) is 10.2 Å². The number of anilines is 1. The Morgan fingerprint density at radius 2 is 1.87 bits per heavy atom. The van der Waals surface area contributed by atoms with Crippen LogP contribution < -0.4 is 15.2 Å². The molecule has 5 aromatic rings. The molecule has 0 atom stereocenters. The smallest absolute Gasteiger partial charge is 0.275 e. The number of aromatic nitrogens is 3. The number of hydrogen-bond donors (Lipinski definition) is 0. The van der Waals surface area contributed by atoms with Crippen molar-refractivity contribution in [2.45, 2.75) is 0 Å². The zero-order chi connectivity index (χ0) is 21.5. The molecule has 31 heavy (non-hydrogen) atoms. The second-order valence-corrected chi connectivity index (χ2v) is 8.35. The zero-order valence-corrected chi connectivity index (χ0v) is 18.2. The average molecular weight is 429 g/mol. The van der Waals surface area contributed by atoms with Crippen LogP contribution in [0.1, 0.15) is 0 Å². The lowest BCUT2D eigenvalue weighted by molar-refractivity contribution is 0.416. The number of hydrogen-bond acceptors (Lipinski definition) is 6. The number of benzene rings is 2. The first-order chi connectivity index (χ1) is 15.1. The Morgan fingerprint density at radius 3 is 2.68 bits per heavy atom. The number of methoxy groups -OCH3 is 1. The van der Waals surface area contributed by atoms with E-state index in [1.165, 1.54) is 11.3 Å². The minimum atomic E-state index is -0.102. The third-order valence-corrected chi connectivity index (χ3v) is 6.36. The van der Waals surface area contributed by atoms with Gasteiger partial charge in [-0.15, -0.1) is 11.3 Å². The lowest BCUT2D eigenvalue weighted by Crippen LogP contribution is -2.17. The van der Waals surface area contributed by atoms with E-state index < -0.39 is 0 Å². The highest BCUT2D eigenvalue weighted by Crippen LogP contribution is 2.35. The van der Waals surface area contributed by atoms with Crippen LogP contribution in [0.25, 0.3) is 37.2 Å². The van der Waals surface area contributed by atoms with Crippen molar-refractivity contribution in [3.05, 3.63) is 77.5 Å². The fourth-order valence-corrected chi connectivity index (χ4v) is 4.85. The second kappa shape index (κ2) is 7.52. The fourth-order valence-electron chi connectivity index (χ4n) is 3.80. The molecule has 0 aliphatic carbocycles. The van der Waals surface area contributed by atoms with Gasteiger partial charge in [0, 0.05) is 25.9 Å². The predicted molar refractivity (Wildman–Crippen MR) is 127 cm³/mol. The maximum absolute atomic E-state index is 13.4. The van der Waals surface area contributed by atoms with E-state index in [9.17, 15) is 4.79 Å². The molecule has 0 amide bonds. The summed E-state index contributed by atoms with van der Waals surface area (Å²) < 4.78 is 7.69. The molecule has 0 spiro atoms. The highest BCUT2D eigenvalue weighted by molar-refractivity contribution is 7.25. The van der Waals surface area contributed by atoms with Gasteiger partial charge in [0.2, 0.25) is 0 Å². The minimum Gasteiger partial charge on any atom is -0.496 e. The first kappa shape index (κ1) is 19.3. The van der Waals surface area contributed by atoms with E-state index >= 15 is 0 Å². The van der Waals surface area contributed by atoms with Crippen molar-refractivity contribution in [1.29, 1.82) is 0 Å². The molecule has 0 aliphatic rings. The van der Waals surface area contributed by atoms with Crippen molar-refractivity contribution in [1.82, 2.24) is 14.5 Å². The van der Waals surface area contributed by atoms with Crippen molar-refractivity contribution >= 4 is 37.5 Å². The molecule has 2 aromatic carbocycles. The van der Waals surface area contributed by atoms with Gasteiger partial charge in [-0.1, -0.05) is 30.3 Å². The van der Waals surface area contributed by atoms with E-state index in [-0.39, 0.29) is 5.56 Å². The van der Waals surface area contributed by atoms with Gasteiger partial charge in [0.05, 0.1) is 29.4 Å². The summed E-state index contributed by atoms with van der Waals surface area (Å²) in [5, 5.41) is 0.916. The third kappa shape index (κ3) is 3.14. The van der Waals surface area contributed by atoms with Gasteiger partial charge in [0.15, 0.2) is 0 Å². The Morgan fingerprint density at radius 1 is 1.03 bits per heavy atom. The highest BCUT2D eigenvalue weighted by atomic mass is 32.1. The van der Waals surface area contributed by atoms with Gasteiger partial charge in [0.25, 0.3) is 5.56 Å². The van der Waals surface area contributed by atoms with E-state index in [1.54, 1.807) is 24.2 Å². The van der Waals surface area contributed by atoms with Gasteiger partial charge in [-0.25, -0.2) is 9.97 Å². The Kier molecular flexibility index (Phi) is 4.67. The summed E-state index contributed by atoms with van der Waals surface area (Å²) in [6.45, 7) is 0. The van der Waals surface area contributed by atoms with Crippen LogP contribution in [0.3, 0.4) is 0 Å². The summed E-state index contributed by atoms with van der Waals surface area (Å²) in [6, 6.07) is 17.6. The summed E-state index contributed by atoms with van der Waals surface area (Å²) in [6.07, 6.45) is 3.37. The van der Waals surface area contributed by atoms with Crippen LogP contribution in [-0.2, 0) is 0 Å². The van der Waals surface area contributed by atoms with Crippen LogP contribution in [0.5, 0.6) is 5.75 Å². The van der Waals surface area contributed by atoms with Gasteiger partial charge in [-0.05, 0) is 29.8 Å². The highest BCUT2D eigenvalue weighted by Gasteiger charge is 2.17. The molecule has 0 bridgehead atoms. The SMILES string of the molecule is COc1ccccc1-c1cccc(-n2cnc3c(sc4nccc(N(C)C)c43)c2=O)c1. The van der Waals surface area contributed by atoms with Gasteiger partial charge < -0.3 is 9.64 Å². The number of ether oxygens (including phenoxy) is 1. The summed E-state index contributed by atoms with van der Waals surface area (Å²) >= 11 is 1.38. The number of thiophene rings is 1. The standard InChI is InChI=1S/C24H20N4O2S/c1-27(2)18-11-12-25-23-20(18)21-22(31-23)24(29)28(14-26-21)16-8-6-7-15(13-16)17-9-4-5-10-19(17)30-3/h4-14H,1-3H3. The molecule has 0 saturated heterocycles. The topological polar surface area (TPSA) is 60.2 Å². The van der Waals surface area contributed by atoms with Gasteiger partial charge in [-0.3, -0.25) is 9.36 Å². The number of pyridine rings is 1. The predicted octanol–water partition coefficient (Wildman–Crippen LogP) is 4.74. The molecule has 154 valence electrons. The van der Waals surface area contributed by atoms with Crippen molar-refractivity contribution in [3.63, 3.8) is 0 Å². The van der Waals surface area contributed by atoms with E-state index in [1.807, 2.05) is 73.6 Å². The Hall–Kier alpha value is -3.71. The van der Waals surface area contributed by atoms with Crippen molar-refractivity contribution in [3.8, 4) is 22.6 Å². The number of para-hydroxylation sites is 1. The zero-order valence-electron chi connectivity index (χ0n) is 17.4. The van der Waals surface area contributed by atoms with E-state index in [4.69, 9.17) is 4.74 Å². The van der Waals surface area contributed by atoms with Crippen LogP contribution >= 0.6 is 11.3 Å². The quantitative estimate of drug-likeness (QED) is 0.414. The average Bonchev–Trinajstić information content (AvgIpc) is 3.19. The van der Waals surface area contributed by atoms with Crippen molar-refractivity contribution in [2.75, 3.05) is 26.1 Å². The first-order valence-corrected chi connectivity index (χ1v) is 10.6. The molecule has 3 aromatic heterocycles. The van der Waals surface area contributed by atoms with Gasteiger partial charge >= 0.3 is 0 Å². The van der Waals surface area contributed by atoms with Crippen molar-refractivity contribution < 1.29 is 4.74 Å². The number of nitrogens with zero attached hydrogens (tertiary/aromatic N) is 4. The third-order valence-electron chi connectivity index (χ3n) is 5.28. The molecule has 0 saturated carbocycles. The Labute approximate surface area is 183 Å². The molecule has 0 radical (unpaired) electrons. The maximum atomic E-state index is 13.4.